The molecule has 1 amide bonds. The van der Waals surface area contributed by atoms with Crippen molar-refractivity contribution in [2.24, 2.45) is 0 Å². The first-order valence-electron chi connectivity index (χ1n) is 6.83. The molecule has 1 unspecified atom stereocenters. The van der Waals surface area contributed by atoms with Gasteiger partial charge in [-0.3, -0.25) is 9.69 Å². The first-order valence-corrected chi connectivity index (χ1v) is 6.83. The fourth-order valence-electron chi connectivity index (χ4n) is 2.01. The molecule has 2 N–H and O–H groups in total. The molecule has 0 aromatic carbocycles. The van der Waals surface area contributed by atoms with Crippen molar-refractivity contribution in [1.29, 1.82) is 0 Å². The molecule has 5 heteroatoms. The topological polar surface area (TPSA) is 61.8 Å². The number of hydrogen-bond donors (Lipinski definition) is 2. The minimum Gasteiger partial charge on any atom is -0.387 e. The number of carbonyl (C=O) groups is 1. The van der Waals surface area contributed by atoms with Gasteiger partial charge in [0, 0.05) is 32.6 Å². The number of ether oxygens (including phenoxy) is 1. The summed E-state index contributed by atoms with van der Waals surface area (Å²) < 4.78 is 5.26. The molecule has 1 rings (SSSR count). The summed E-state index contributed by atoms with van der Waals surface area (Å²) in [4.78, 5) is 13.7. The van der Waals surface area contributed by atoms with Crippen LogP contribution in [0, 0.1) is 0 Å². The second-order valence-corrected chi connectivity index (χ2v) is 5.27. The Morgan fingerprint density at radius 3 is 2.72 bits per heavy atom. The smallest absolute Gasteiger partial charge is 0.220 e. The van der Waals surface area contributed by atoms with E-state index in [0.717, 1.165) is 39.1 Å². The molecular weight excluding hydrogens is 232 g/mol. The van der Waals surface area contributed by atoms with Crippen LogP contribution in [0.2, 0.25) is 0 Å². The van der Waals surface area contributed by atoms with E-state index < -0.39 is 5.60 Å². The molecule has 1 heterocycles. The first-order chi connectivity index (χ1) is 8.53. The van der Waals surface area contributed by atoms with E-state index in [4.69, 9.17) is 4.74 Å². The Morgan fingerprint density at radius 2 is 2.11 bits per heavy atom. The second-order valence-electron chi connectivity index (χ2n) is 5.27. The van der Waals surface area contributed by atoms with Gasteiger partial charge in [0.1, 0.15) is 0 Å². The Bertz CT molecular complexity index is 251. The number of rotatable bonds is 7. The maximum atomic E-state index is 11.5. The van der Waals surface area contributed by atoms with Gasteiger partial charge in [0.25, 0.3) is 0 Å². The van der Waals surface area contributed by atoms with Crippen LogP contribution in [-0.4, -0.2) is 60.9 Å². The molecule has 1 aliphatic rings. The standard InChI is InChI=1S/C13H26N2O3/c1-3-4-5-12(16)14-10-13(2,17)11-15-6-8-18-9-7-15/h17H,3-11H2,1-2H3,(H,14,16). The van der Waals surface area contributed by atoms with Crippen molar-refractivity contribution in [3.8, 4) is 0 Å². The van der Waals surface area contributed by atoms with Gasteiger partial charge in [-0.2, -0.15) is 0 Å². The Labute approximate surface area is 109 Å². The summed E-state index contributed by atoms with van der Waals surface area (Å²) in [6.45, 7) is 7.85. The molecule has 0 spiro atoms. The third-order valence-corrected chi connectivity index (χ3v) is 3.09. The fourth-order valence-corrected chi connectivity index (χ4v) is 2.01. The number of aliphatic hydroxyl groups is 1. The molecule has 0 radical (unpaired) electrons. The minimum atomic E-state index is -0.876. The van der Waals surface area contributed by atoms with Crippen LogP contribution in [0.1, 0.15) is 33.1 Å². The zero-order valence-corrected chi connectivity index (χ0v) is 11.6. The van der Waals surface area contributed by atoms with Gasteiger partial charge >= 0.3 is 0 Å². The molecule has 18 heavy (non-hydrogen) atoms. The van der Waals surface area contributed by atoms with E-state index in [9.17, 15) is 9.90 Å². The highest BCUT2D eigenvalue weighted by Gasteiger charge is 2.25. The summed E-state index contributed by atoms with van der Waals surface area (Å²) in [5.41, 5.74) is -0.876. The maximum absolute atomic E-state index is 11.5. The van der Waals surface area contributed by atoms with E-state index >= 15 is 0 Å². The molecule has 0 saturated carbocycles. The molecule has 0 aromatic rings. The Balaban J connectivity index is 2.23. The molecule has 0 aromatic heterocycles. The number of β-amino-alcohol motifs (C(OH)–C–C–N with tert-alkyl or cyclic N) is 1. The number of hydrogen-bond acceptors (Lipinski definition) is 4. The third kappa shape index (κ3) is 6.33. The minimum absolute atomic E-state index is 0.0269. The van der Waals surface area contributed by atoms with Crippen molar-refractivity contribution in [2.45, 2.75) is 38.7 Å². The number of morpholine rings is 1. The highest BCUT2D eigenvalue weighted by molar-refractivity contribution is 5.75. The lowest BCUT2D eigenvalue weighted by Crippen LogP contribution is -2.51. The Kier molecular flexibility index (Phi) is 6.60. The maximum Gasteiger partial charge on any atom is 0.220 e. The lowest BCUT2D eigenvalue weighted by atomic mass is 10.1. The van der Waals surface area contributed by atoms with E-state index in [2.05, 4.69) is 17.1 Å². The van der Waals surface area contributed by atoms with Crippen LogP contribution in [0.4, 0.5) is 0 Å². The van der Waals surface area contributed by atoms with Gasteiger partial charge in [-0.1, -0.05) is 13.3 Å². The predicted molar refractivity (Wildman–Crippen MR) is 70.4 cm³/mol. The summed E-state index contributed by atoms with van der Waals surface area (Å²) in [6, 6.07) is 0. The quantitative estimate of drug-likeness (QED) is 0.693. The van der Waals surface area contributed by atoms with Gasteiger partial charge < -0.3 is 15.2 Å². The van der Waals surface area contributed by atoms with Crippen LogP contribution in [0.5, 0.6) is 0 Å². The van der Waals surface area contributed by atoms with Crippen LogP contribution < -0.4 is 5.32 Å². The molecule has 0 bridgehead atoms. The van der Waals surface area contributed by atoms with Crippen LogP contribution in [0.3, 0.4) is 0 Å². The molecule has 1 aliphatic heterocycles. The van der Waals surface area contributed by atoms with Crippen molar-refractivity contribution in [2.75, 3.05) is 39.4 Å². The predicted octanol–water partition coefficient (Wildman–Crippen LogP) is 0.376. The van der Waals surface area contributed by atoms with Gasteiger partial charge in [-0.25, -0.2) is 0 Å². The molecule has 5 nitrogen and oxygen atoms in total. The largest absolute Gasteiger partial charge is 0.387 e. The van der Waals surface area contributed by atoms with Gasteiger partial charge in [-0.05, 0) is 13.3 Å². The normalized spacial score (nSPS) is 20.4. The van der Waals surface area contributed by atoms with E-state index in [0.29, 0.717) is 19.5 Å². The van der Waals surface area contributed by atoms with Gasteiger partial charge in [-0.15, -0.1) is 0 Å². The summed E-state index contributed by atoms with van der Waals surface area (Å²) >= 11 is 0. The summed E-state index contributed by atoms with van der Waals surface area (Å²) in [5, 5.41) is 13.0. The van der Waals surface area contributed by atoms with Crippen molar-refractivity contribution in [1.82, 2.24) is 10.2 Å². The van der Waals surface area contributed by atoms with Crippen LogP contribution >= 0.6 is 0 Å². The Morgan fingerprint density at radius 1 is 1.44 bits per heavy atom. The molecule has 0 aliphatic carbocycles. The number of unbranched alkanes of at least 4 members (excludes halogenated alkanes) is 1. The van der Waals surface area contributed by atoms with Crippen molar-refractivity contribution >= 4 is 5.91 Å². The van der Waals surface area contributed by atoms with Crippen molar-refractivity contribution < 1.29 is 14.6 Å². The van der Waals surface area contributed by atoms with Gasteiger partial charge in [0.15, 0.2) is 0 Å². The molecule has 1 atom stereocenters. The first kappa shape index (κ1) is 15.4. The lowest BCUT2D eigenvalue weighted by molar-refractivity contribution is -0.122. The average molecular weight is 258 g/mol. The summed E-state index contributed by atoms with van der Waals surface area (Å²) in [6.07, 6.45) is 2.46. The van der Waals surface area contributed by atoms with Gasteiger partial charge in [0.05, 0.1) is 18.8 Å². The highest BCUT2D eigenvalue weighted by Crippen LogP contribution is 2.07. The van der Waals surface area contributed by atoms with E-state index in [1.54, 1.807) is 6.92 Å². The van der Waals surface area contributed by atoms with Gasteiger partial charge in [0.2, 0.25) is 5.91 Å². The number of nitrogens with zero attached hydrogens (tertiary/aromatic N) is 1. The molecule has 1 fully saturated rings. The molecular formula is C13H26N2O3. The fraction of sp³-hybridized carbons (Fsp3) is 0.923. The Hall–Kier alpha value is -0.650. The van der Waals surface area contributed by atoms with Crippen LogP contribution in [0.25, 0.3) is 0 Å². The van der Waals surface area contributed by atoms with Crippen LogP contribution in [-0.2, 0) is 9.53 Å². The summed E-state index contributed by atoms with van der Waals surface area (Å²) in [7, 11) is 0. The average Bonchev–Trinajstić information content (AvgIpc) is 2.35. The highest BCUT2D eigenvalue weighted by atomic mass is 16.5. The lowest BCUT2D eigenvalue weighted by Gasteiger charge is -2.33. The number of amides is 1. The zero-order chi connectivity index (χ0) is 13.4. The van der Waals surface area contributed by atoms with Crippen molar-refractivity contribution in [3.05, 3.63) is 0 Å². The second kappa shape index (κ2) is 7.71. The van der Waals surface area contributed by atoms with E-state index in [1.807, 2.05) is 0 Å². The third-order valence-electron chi connectivity index (χ3n) is 3.09. The summed E-state index contributed by atoms with van der Waals surface area (Å²) in [5.74, 6) is 0.0269. The zero-order valence-electron chi connectivity index (χ0n) is 11.6. The molecule has 106 valence electrons. The van der Waals surface area contributed by atoms with Crippen LogP contribution in [0.15, 0.2) is 0 Å². The SMILES string of the molecule is CCCCC(=O)NCC(C)(O)CN1CCOCC1. The monoisotopic (exact) mass is 258 g/mol. The molecule has 1 saturated heterocycles. The number of nitrogens with one attached hydrogen (secondary N) is 1. The van der Waals surface area contributed by atoms with E-state index in [1.165, 1.54) is 0 Å². The van der Waals surface area contributed by atoms with E-state index in [-0.39, 0.29) is 5.91 Å². The number of carbonyl (C=O) groups excluding carboxylic acids is 1. The van der Waals surface area contributed by atoms with Crippen molar-refractivity contribution in [3.63, 3.8) is 0 Å².